The molecule has 0 spiro atoms. The largest absolute Gasteiger partial charge is 0.369 e. The number of hydrogen-bond donors (Lipinski definition) is 2. The fourth-order valence-electron chi connectivity index (χ4n) is 1.86. The van der Waals surface area contributed by atoms with Crippen LogP contribution in [-0.4, -0.2) is 29.9 Å². The van der Waals surface area contributed by atoms with E-state index in [9.17, 15) is 0 Å². The van der Waals surface area contributed by atoms with Gasteiger partial charge in [-0.05, 0) is 25.0 Å². The van der Waals surface area contributed by atoms with E-state index in [2.05, 4.69) is 9.98 Å². The average Bonchev–Trinajstić information content (AvgIpc) is 2.88. The standard InChI is InChI=1S/C12H15Cl2N5/c13-8-4-3-5-9(10(8)14)17-11(15)18-12(16)19-6-1-2-7-19/h3-5H,1-2,6-7H2,(H4,15,16,17,18). The highest BCUT2D eigenvalue weighted by atomic mass is 35.5. The van der Waals surface area contributed by atoms with E-state index in [1.54, 1.807) is 18.2 Å². The van der Waals surface area contributed by atoms with Crippen LogP contribution in [0.25, 0.3) is 0 Å². The number of guanidine groups is 2. The van der Waals surface area contributed by atoms with Crippen LogP contribution >= 0.6 is 23.2 Å². The lowest BCUT2D eigenvalue weighted by molar-refractivity contribution is 0.514. The molecule has 19 heavy (non-hydrogen) atoms. The van der Waals surface area contributed by atoms with Gasteiger partial charge < -0.3 is 16.4 Å². The predicted molar refractivity (Wildman–Crippen MR) is 80.2 cm³/mol. The fraction of sp³-hybridized carbons (Fsp3) is 0.333. The van der Waals surface area contributed by atoms with Crippen LogP contribution in [0.15, 0.2) is 28.2 Å². The predicted octanol–water partition coefficient (Wildman–Crippen LogP) is 2.35. The van der Waals surface area contributed by atoms with Crippen molar-refractivity contribution >= 4 is 40.8 Å². The van der Waals surface area contributed by atoms with Crippen molar-refractivity contribution in [2.45, 2.75) is 12.8 Å². The van der Waals surface area contributed by atoms with E-state index in [1.165, 1.54) is 0 Å². The molecule has 1 aromatic rings. The maximum absolute atomic E-state index is 6.02. The van der Waals surface area contributed by atoms with Crippen molar-refractivity contribution in [3.8, 4) is 0 Å². The number of nitrogens with two attached hydrogens (primary N) is 2. The summed E-state index contributed by atoms with van der Waals surface area (Å²) in [5.74, 6) is 0.450. The molecule has 102 valence electrons. The number of likely N-dealkylation sites (tertiary alicyclic amines) is 1. The molecule has 1 aliphatic heterocycles. The number of halogens is 2. The highest BCUT2D eigenvalue weighted by Crippen LogP contribution is 2.31. The zero-order valence-corrected chi connectivity index (χ0v) is 11.8. The van der Waals surface area contributed by atoms with E-state index in [0.717, 1.165) is 25.9 Å². The van der Waals surface area contributed by atoms with Gasteiger partial charge in [0.2, 0.25) is 5.96 Å². The van der Waals surface area contributed by atoms with Gasteiger partial charge in [-0.2, -0.15) is 4.99 Å². The van der Waals surface area contributed by atoms with Crippen LogP contribution in [0, 0.1) is 0 Å². The molecule has 1 heterocycles. The summed E-state index contributed by atoms with van der Waals surface area (Å²) in [5, 5.41) is 0.772. The third-order valence-corrected chi connectivity index (χ3v) is 3.63. The average molecular weight is 300 g/mol. The van der Waals surface area contributed by atoms with Crippen molar-refractivity contribution in [3.63, 3.8) is 0 Å². The molecule has 0 saturated carbocycles. The smallest absolute Gasteiger partial charge is 0.223 e. The van der Waals surface area contributed by atoms with Crippen molar-refractivity contribution in [2.75, 3.05) is 13.1 Å². The van der Waals surface area contributed by atoms with Crippen LogP contribution < -0.4 is 11.5 Å². The second-order valence-corrected chi connectivity index (χ2v) is 4.99. The molecule has 0 radical (unpaired) electrons. The normalized spacial score (nSPS) is 17.1. The summed E-state index contributed by atoms with van der Waals surface area (Å²) in [5.41, 5.74) is 12.1. The molecule has 2 rings (SSSR count). The molecule has 1 aliphatic rings. The van der Waals surface area contributed by atoms with Crippen LogP contribution in [0.3, 0.4) is 0 Å². The van der Waals surface area contributed by atoms with E-state index >= 15 is 0 Å². The van der Waals surface area contributed by atoms with Crippen LogP contribution in [0.5, 0.6) is 0 Å². The van der Waals surface area contributed by atoms with E-state index in [-0.39, 0.29) is 5.96 Å². The number of benzene rings is 1. The van der Waals surface area contributed by atoms with Gasteiger partial charge >= 0.3 is 0 Å². The molecule has 0 bridgehead atoms. The maximum Gasteiger partial charge on any atom is 0.223 e. The molecular weight excluding hydrogens is 285 g/mol. The molecule has 5 nitrogen and oxygen atoms in total. The first-order valence-electron chi connectivity index (χ1n) is 5.95. The monoisotopic (exact) mass is 299 g/mol. The van der Waals surface area contributed by atoms with Crippen LogP contribution in [-0.2, 0) is 0 Å². The summed E-state index contributed by atoms with van der Waals surface area (Å²) in [6.07, 6.45) is 2.24. The first kappa shape index (κ1) is 14.0. The summed E-state index contributed by atoms with van der Waals surface area (Å²) < 4.78 is 0. The quantitative estimate of drug-likeness (QED) is 0.617. The summed E-state index contributed by atoms with van der Waals surface area (Å²) >= 11 is 11.9. The zero-order valence-electron chi connectivity index (χ0n) is 10.3. The highest BCUT2D eigenvalue weighted by molar-refractivity contribution is 6.43. The Kier molecular flexibility index (Phi) is 4.50. The van der Waals surface area contributed by atoms with E-state index in [4.69, 9.17) is 34.7 Å². The fourth-order valence-corrected chi connectivity index (χ4v) is 2.20. The van der Waals surface area contributed by atoms with Gasteiger partial charge in [0, 0.05) is 13.1 Å². The summed E-state index contributed by atoms with van der Waals surface area (Å²) in [6.45, 7) is 1.81. The number of hydrogen-bond acceptors (Lipinski definition) is 1. The molecule has 0 unspecified atom stereocenters. The highest BCUT2D eigenvalue weighted by Gasteiger charge is 2.13. The van der Waals surface area contributed by atoms with Crippen molar-refractivity contribution in [1.82, 2.24) is 4.90 Å². The third kappa shape index (κ3) is 3.52. The first-order valence-corrected chi connectivity index (χ1v) is 6.71. The van der Waals surface area contributed by atoms with Crippen LogP contribution in [0.2, 0.25) is 10.0 Å². The Morgan fingerprint density at radius 1 is 1.16 bits per heavy atom. The Morgan fingerprint density at radius 3 is 2.53 bits per heavy atom. The van der Waals surface area contributed by atoms with Gasteiger partial charge in [-0.1, -0.05) is 29.3 Å². The van der Waals surface area contributed by atoms with Gasteiger partial charge in [-0.15, -0.1) is 0 Å². The molecule has 0 aromatic heterocycles. The summed E-state index contributed by atoms with van der Waals surface area (Å²) in [4.78, 5) is 10.2. The molecule has 1 aromatic carbocycles. The van der Waals surface area contributed by atoms with E-state index < -0.39 is 0 Å². The molecule has 0 atom stereocenters. The SMILES string of the molecule is NC(=Nc1cccc(Cl)c1Cl)/N=C(\N)N1CCCC1. The Balaban J connectivity index is 2.18. The van der Waals surface area contributed by atoms with Crippen LogP contribution in [0.1, 0.15) is 12.8 Å². The second kappa shape index (κ2) is 6.12. The van der Waals surface area contributed by atoms with Gasteiger partial charge in [-0.3, -0.25) is 0 Å². The van der Waals surface area contributed by atoms with Crippen molar-refractivity contribution in [3.05, 3.63) is 28.2 Å². The van der Waals surface area contributed by atoms with E-state index in [0.29, 0.717) is 21.7 Å². The van der Waals surface area contributed by atoms with Crippen molar-refractivity contribution in [2.24, 2.45) is 21.5 Å². The van der Waals surface area contributed by atoms with Gasteiger partial charge in [-0.25, -0.2) is 4.99 Å². The minimum Gasteiger partial charge on any atom is -0.369 e. The molecule has 0 amide bonds. The summed E-state index contributed by atoms with van der Waals surface area (Å²) in [6, 6.07) is 5.14. The van der Waals surface area contributed by atoms with Gasteiger partial charge in [0.15, 0.2) is 5.96 Å². The third-order valence-electron chi connectivity index (χ3n) is 2.83. The lowest BCUT2D eigenvalue weighted by atomic mass is 10.3. The Hall–Kier alpha value is -1.46. The van der Waals surface area contributed by atoms with Gasteiger partial charge in [0.25, 0.3) is 0 Å². The zero-order chi connectivity index (χ0) is 13.8. The molecule has 1 saturated heterocycles. The van der Waals surface area contributed by atoms with Crippen LogP contribution in [0.4, 0.5) is 5.69 Å². The number of nitrogens with zero attached hydrogens (tertiary/aromatic N) is 3. The summed E-state index contributed by atoms with van der Waals surface area (Å²) in [7, 11) is 0. The molecule has 1 fully saturated rings. The Labute approximate surface area is 121 Å². The van der Waals surface area contributed by atoms with E-state index in [1.807, 2.05) is 4.90 Å². The minimum atomic E-state index is 0.0635. The van der Waals surface area contributed by atoms with Crippen molar-refractivity contribution in [1.29, 1.82) is 0 Å². The molecule has 0 aliphatic carbocycles. The van der Waals surface area contributed by atoms with Gasteiger partial charge in [0.05, 0.1) is 15.7 Å². The van der Waals surface area contributed by atoms with Crippen molar-refractivity contribution < 1.29 is 0 Å². The number of rotatable bonds is 1. The lowest BCUT2D eigenvalue weighted by Crippen LogP contribution is -2.36. The second-order valence-electron chi connectivity index (χ2n) is 4.21. The topological polar surface area (TPSA) is 80.0 Å². The lowest BCUT2D eigenvalue weighted by Gasteiger charge is -2.15. The molecular formula is C12H15Cl2N5. The molecule has 7 heteroatoms. The number of aliphatic imine (C=N–C) groups is 2. The minimum absolute atomic E-state index is 0.0635. The van der Waals surface area contributed by atoms with Gasteiger partial charge in [0.1, 0.15) is 0 Å². The first-order chi connectivity index (χ1) is 9.08. The Bertz CT molecular complexity index is 521. The molecule has 4 N–H and O–H groups in total. The Morgan fingerprint density at radius 2 is 1.84 bits per heavy atom. The maximum atomic E-state index is 6.02.